The third-order valence-corrected chi connectivity index (χ3v) is 9.67. The summed E-state index contributed by atoms with van der Waals surface area (Å²) in [5.41, 5.74) is 6.13. The first-order valence-corrected chi connectivity index (χ1v) is 16.6. The summed E-state index contributed by atoms with van der Waals surface area (Å²) in [6, 6.07) is 41.7. The molecule has 0 radical (unpaired) electrons. The Balaban J connectivity index is 1.30. The number of aromatic nitrogens is 5. The molecule has 51 heavy (non-hydrogen) atoms. The van der Waals surface area contributed by atoms with E-state index in [4.69, 9.17) is 26.2 Å². The smallest absolute Gasteiger partial charge is 0.238 e. The van der Waals surface area contributed by atoms with Gasteiger partial charge >= 0.3 is 0 Å². The maximum Gasteiger partial charge on any atom is 0.238 e. The van der Waals surface area contributed by atoms with E-state index in [0.717, 1.165) is 65.6 Å². The lowest BCUT2D eigenvalue weighted by molar-refractivity contribution is 0.669. The van der Waals surface area contributed by atoms with Gasteiger partial charge in [0.1, 0.15) is 11.2 Å². The molecule has 0 saturated heterocycles. The van der Waals surface area contributed by atoms with Crippen LogP contribution in [0.3, 0.4) is 0 Å². The number of benzene rings is 7. The summed E-state index contributed by atoms with van der Waals surface area (Å²) in [6.07, 6.45) is 0. The third kappa shape index (κ3) is 4.14. The predicted octanol–water partition coefficient (Wildman–Crippen LogP) is 11.3. The highest BCUT2D eigenvalue weighted by molar-refractivity contribution is 6.23. The number of fused-ring (bicyclic) bond motifs is 10. The van der Waals surface area contributed by atoms with Crippen LogP contribution < -0.4 is 0 Å². The Bertz CT molecular complexity index is 3410. The van der Waals surface area contributed by atoms with Crippen LogP contribution in [-0.4, -0.2) is 24.1 Å². The summed E-state index contributed by atoms with van der Waals surface area (Å²) >= 11 is 0. The lowest BCUT2D eigenvalue weighted by Crippen LogP contribution is -2.07. The van der Waals surface area contributed by atoms with Crippen LogP contribution in [0, 0.1) is 0 Å². The highest BCUT2D eigenvalue weighted by atomic mass is 16.3. The van der Waals surface area contributed by atoms with Gasteiger partial charge in [-0.3, -0.25) is 4.57 Å². The summed E-state index contributed by atoms with van der Waals surface area (Å²) < 4.78 is 53.8. The molecule has 238 valence electrons. The lowest BCUT2D eigenvalue weighted by atomic mass is 10.1. The minimum atomic E-state index is -0.448. The molecule has 0 aliphatic rings. The summed E-state index contributed by atoms with van der Waals surface area (Å²) in [4.78, 5) is 15.4. The van der Waals surface area contributed by atoms with E-state index < -0.39 is 18.1 Å². The first-order valence-electron chi connectivity index (χ1n) is 19.1. The zero-order chi connectivity index (χ0) is 37.8. The average molecular weight is 659 g/mol. The molecule has 0 N–H and O–H groups in total. The van der Waals surface area contributed by atoms with Crippen LogP contribution in [0.1, 0.15) is 6.85 Å². The van der Waals surface area contributed by atoms with Crippen LogP contribution in [0.15, 0.2) is 168 Å². The largest absolute Gasteiger partial charge is 0.456 e. The fourth-order valence-electron chi connectivity index (χ4n) is 7.47. The molecule has 0 spiro atoms. The molecule has 11 aromatic rings. The number of rotatable bonds is 4. The van der Waals surface area contributed by atoms with Crippen molar-refractivity contribution in [3.05, 3.63) is 164 Å². The van der Waals surface area contributed by atoms with Crippen LogP contribution in [0.4, 0.5) is 0 Å². The van der Waals surface area contributed by atoms with Crippen LogP contribution in [0.25, 0.3) is 100.0 Å². The van der Waals surface area contributed by atoms with Gasteiger partial charge in [0, 0.05) is 49.1 Å². The van der Waals surface area contributed by atoms with E-state index in [0.29, 0.717) is 28.6 Å². The van der Waals surface area contributed by atoms with E-state index in [1.54, 1.807) is 4.57 Å². The molecule has 0 aliphatic carbocycles. The molecule has 7 aromatic carbocycles. The second-order valence-corrected chi connectivity index (χ2v) is 12.5. The van der Waals surface area contributed by atoms with Crippen molar-refractivity contribution in [1.29, 1.82) is 0 Å². The maximum absolute atomic E-state index is 9.10. The highest BCUT2D eigenvalue weighted by Crippen LogP contribution is 2.41. The van der Waals surface area contributed by atoms with E-state index in [2.05, 4.69) is 18.2 Å². The minimum absolute atomic E-state index is 0.0634. The van der Waals surface area contributed by atoms with E-state index in [1.807, 2.05) is 120 Å². The average Bonchev–Trinajstić information content (AvgIpc) is 3.90. The molecular formula is C45H27N5O. The van der Waals surface area contributed by atoms with Crippen molar-refractivity contribution in [1.82, 2.24) is 24.1 Å². The van der Waals surface area contributed by atoms with E-state index >= 15 is 0 Å². The summed E-state index contributed by atoms with van der Waals surface area (Å²) in [6.45, 7) is 0. The van der Waals surface area contributed by atoms with Gasteiger partial charge in [-0.15, -0.1) is 0 Å². The number of para-hydroxylation sites is 4. The van der Waals surface area contributed by atoms with E-state index in [9.17, 15) is 0 Å². The van der Waals surface area contributed by atoms with Gasteiger partial charge < -0.3 is 8.98 Å². The van der Waals surface area contributed by atoms with Crippen molar-refractivity contribution in [2.24, 2.45) is 0 Å². The topological polar surface area (TPSA) is 61.7 Å². The Kier molecular flexibility index (Phi) is 4.91. The Morgan fingerprint density at radius 1 is 0.451 bits per heavy atom. The second kappa shape index (κ2) is 10.7. The van der Waals surface area contributed by atoms with Crippen molar-refractivity contribution in [3.8, 4) is 34.4 Å². The first-order chi connectivity index (χ1) is 27.4. The van der Waals surface area contributed by atoms with Gasteiger partial charge in [0.15, 0.2) is 11.6 Å². The zero-order valence-corrected chi connectivity index (χ0v) is 26.8. The number of furan rings is 1. The van der Waals surface area contributed by atoms with Gasteiger partial charge in [-0.2, -0.15) is 9.97 Å². The zero-order valence-electron chi connectivity index (χ0n) is 31.8. The standard InChI is InChI=1S/C45H27N5O/c1-3-13-28(14-4-1)43-46-44(29-23-26-40-36(27-29)33-19-9-12-22-39(33)51-40)48-45(47-43)50-38-21-11-8-18-32(38)35-25-24-34-31-17-7-10-20-37(31)49(41(34)42(35)50)30-15-5-2-6-16-30/h1-27H/i2D,5D,6D,15D,16D. The quantitative estimate of drug-likeness (QED) is 0.189. The predicted molar refractivity (Wildman–Crippen MR) is 207 cm³/mol. The third-order valence-electron chi connectivity index (χ3n) is 9.67. The molecule has 6 nitrogen and oxygen atoms in total. The molecule has 4 aromatic heterocycles. The Morgan fingerprint density at radius 2 is 1.04 bits per heavy atom. The van der Waals surface area contributed by atoms with Crippen LogP contribution in [0.2, 0.25) is 0 Å². The molecule has 11 rings (SSSR count). The normalized spacial score (nSPS) is 13.3. The Morgan fingerprint density at radius 3 is 1.78 bits per heavy atom. The van der Waals surface area contributed by atoms with Gasteiger partial charge in [-0.25, -0.2) is 4.98 Å². The molecule has 0 unspecified atom stereocenters. The molecule has 0 fully saturated rings. The molecule has 0 bridgehead atoms. The Hall–Kier alpha value is -7.05. The summed E-state index contributed by atoms with van der Waals surface area (Å²) in [7, 11) is 0. The fraction of sp³-hybridized carbons (Fsp3) is 0. The van der Waals surface area contributed by atoms with Gasteiger partial charge in [-0.1, -0.05) is 115 Å². The van der Waals surface area contributed by atoms with Crippen molar-refractivity contribution in [3.63, 3.8) is 0 Å². The summed E-state index contributed by atoms with van der Waals surface area (Å²) in [5.74, 6) is 1.31. The molecule has 4 heterocycles. The van der Waals surface area contributed by atoms with E-state index in [1.165, 1.54) is 0 Å². The molecule has 6 heteroatoms. The van der Waals surface area contributed by atoms with Crippen molar-refractivity contribution >= 4 is 65.6 Å². The molecule has 0 saturated carbocycles. The maximum atomic E-state index is 9.10. The minimum Gasteiger partial charge on any atom is -0.456 e. The molecule has 0 amide bonds. The number of nitrogens with zero attached hydrogens (tertiary/aromatic N) is 5. The lowest BCUT2D eigenvalue weighted by Gasteiger charge is -2.13. The van der Waals surface area contributed by atoms with Crippen molar-refractivity contribution in [2.75, 3.05) is 0 Å². The van der Waals surface area contributed by atoms with Crippen LogP contribution >= 0.6 is 0 Å². The van der Waals surface area contributed by atoms with Crippen molar-refractivity contribution in [2.45, 2.75) is 0 Å². The second-order valence-electron chi connectivity index (χ2n) is 12.5. The monoisotopic (exact) mass is 658 g/mol. The molecule has 0 atom stereocenters. The van der Waals surface area contributed by atoms with Gasteiger partial charge in [0.2, 0.25) is 5.95 Å². The summed E-state index contributed by atoms with van der Waals surface area (Å²) in [5, 5.41) is 5.49. The van der Waals surface area contributed by atoms with Crippen molar-refractivity contribution < 1.29 is 11.3 Å². The fourth-order valence-corrected chi connectivity index (χ4v) is 7.47. The van der Waals surface area contributed by atoms with Gasteiger partial charge in [0.25, 0.3) is 0 Å². The van der Waals surface area contributed by atoms with Crippen LogP contribution in [0.5, 0.6) is 0 Å². The van der Waals surface area contributed by atoms with Gasteiger partial charge in [0.05, 0.1) is 28.9 Å². The molecular weight excluding hydrogens is 627 g/mol. The SMILES string of the molecule is [2H]c1c([2H])c([2H])c(-n2c3ccccc3c3ccc4c5ccccc5n(-c5nc(-c6ccccc6)nc(-c6ccc7oc8ccccc8c7c6)n5)c4c32)c([2H])c1[2H]. The Labute approximate surface area is 298 Å². The van der Waals surface area contributed by atoms with Crippen LogP contribution in [-0.2, 0) is 0 Å². The molecule has 0 aliphatic heterocycles. The highest BCUT2D eigenvalue weighted by Gasteiger charge is 2.23. The van der Waals surface area contributed by atoms with E-state index in [-0.39, 0.29) is 17.8 Å². The number of hydrogen-bond donors (Lipinski definition) is 0. The number of hydrogen-bond acceptors (Lipinski definition) is 4. The van der Waals surface area contributed by atoms with Gasteiger partial charge in [-0.05, 0) is 48.5 Å². The first kappa shape index (κ1) is 23.3.